The van der Waals surface area contributed by atoms with E-state index in [9.17, 15) is 9.90 Å². The van der Waals surface area contributed by atoms with Crippen molar-refractivity contribution in [2.45, 2.75) is 38.5 Å². The number of unbranched alkanes of at least 4 members (excludes halogenated alkanes) is 2. The quantitative estimate of drug-likeness (QED) is 0.680. The summed E-state index contributed by atoms with van der Waals surface area (Å²) in [6, 6.07) is 11.5. The van der Waals surface area contributed by atoms with Crippen LogP contribution in [-0.2, 0) is 11.2 Å². The largest absolute Gasteiger partial charge is 0.494 e. The third kappa shape index (κ3) is 4.88. The van der Waals surface area contributed by atoms with Crippen LogP contribution in [-0.4, -0.2) is 17.7 Å². The van der Waals surface area contributed by atoms with Gasteiger partial charge in [0.05, 0.1) is 12.5 Å². The van der Waals surface area contributed by atoms with Crippen molar-refractivity contribution in [1.82, 2.24) is 0 Å². The van der Waals surface area contributed by atoms with Crippen molar-refractivity contribution < 1.29 is 14.6 Å². The number of hydrogen-bond donors (Lipinski definition) is 1. The van der Waals surface area contributed by atoms with Crippen LogP contribution in [0.3, 0.4) is 0 Å². The van der Waals surface area contributed by atoms with E-state index in [2.05, 4.69) is 6.92 Å². The molecular weight excluding hydrogens is 296 g/mol. The summed E-state index contributed by atoms with van der Waals surface area (Å²) in [5.74, 6) is -0.401. The smallest absolute Gasteiger partial charge is 0.312 e. The highest BCUT2D eigenvalue weighted by molar-refractivity contribution is 7.10. The Kier molecular flexibility index (Phi) is 6.46. The summed E-state index contributed by atoms with van der Waals surface area (Å²) < 4.78 is 5.67. The minimum absolute atomic E-state index is 0.476. The van der Waals surface area contributed by atoms with Gasteiger partial charge in [-0.1, -0.05) is 38.0 Å². The van der Waals surface area contributed by atoms with Crippen molar-refractivity contribution in [3.05, 3.63) is 52.2 Å². The van der Waals surface area contributed by atoms with E-state index in [-0.39, 0.29) is 0 Å². The van der Waals surface area contributed by atoms with Gasteiger partial charge in [-0.2, -0.15) is 0 Å². The van der Waals surface area contributed by atoms with E-state index < -0.39 is 11.9 Å². The van der Waals surface area contributed by atoms with Crippen LogP contribution in [0, 0.1) is 0 Å². The molecule has 118 valence electrons. The molecule has 0 spiro atoms. The van der Waals surface area contributed by atoms with E-state index in [1.54, 1.807) is 0 Å². The van der Waals surface area contributed by atoms with Gasteiger partial charge in [-0.15, -0.1) is 11.3 Å². The number of benzene rings is 1. The topological polar surface area (TPSA) is 46.5 Å². The molecule has 1 aromatic heterocycles. The molecule has 0 fully saturated rings. The Bertz CT molecular complexity index is 561. The fourth-order valence-corrected chi connectivity index (χ4v) is 3.12. The zero-order valence-corrected chi connectivity index (χ0v) is 13.6. The molecule has 0 bridgehead atoms. The van der Waals surface area contributed by atoms with Gasteiger partial charge in [0.1, 0.15) is 5.75 Å². The van der Waals surface area contributed by atoms with Gasteiger partial charge in [0.15, 0.2) is 0 Å². The molecule has 0 saturated heterocycles. The second-order valence-electron chi connectivity index (χ2n) is 5.31. The second-order valence-corrected chi connectivity index (χ2v) is 6.29. The van der Waals surface area contributed by atoms with Crippen LogP contribution in [0.1, 0.15) is 42.5 Å². The van der Waals surface area contributed by atoms with E-state index in [0.29, 0.717) is 6.42 Å². The summed E-state index contributed by atoms with van der Waals surface area (Å²) in [4.78, 5) is 12.3. The highest BCUT2D eigenvalue weighted by atomic mass is 32.1. The first kappa shape index (κ1) is 16.6. The molecule has 2 rings (SSSR count). The highest BCUT2D eigenvalue weighted by Gasteiger charge is 2.21. The maximum absolute atomic E-state index is 11.5. The summed E-state index contributed by atoms with van der Waals surface area (Å²) >= 11 is 1.49. The molecule has 4 heteroatoms. The Morgan fingerprint density at radius 3 is 2.59 bits per heavy atom. The van der Waals surface area contributed by atoms with Crippen LogP contribution in [0.15, 0.2) is 41.8 Å². The number of aliphatic carboxylic acids is 1. The fraction of sp³-hybridized carbons (Fsp3) is 0.389. The van der Waals surface area contributed by atoms with E-state index >= 15 is 0 Å². The third-order valence-corrected chi connectivity index (χ3v) is 4.55. The Balaban J connectivity index is 1.93. The number of thiophene rings is 1. The predicted octanol–water partition coefficient (Wildman–Crippen LogP) is 4.73. The van der Waals surface area contributed by atoms with Crippen molar-refractivity contribution in [3.63, 3.8) is 0 Å². The number of carboxylic acid groups (broad SMARTS) is 1. The molecule has 0 aliphatic rings. The predicted molar refractivity (Wildman–Crippen MR) is 89.9 cm³/mol. The van der Waals surface area contributed by atoms with Gasteiger partial charge in [-0.3, -0.25) is 4.79 Å². The van der Waals surface area contributed by atoms with Crippen molar-refractivity contribution in [3.8, 4) is 5.75 Å². The molecule has 1 atom stereocenters. The van der Waals surface area contributed by atoms with Crippen LogP contribution in [0.4, 0.5) is 0 Å². The summed E-state index contributed by atoms with van der Waals surface area (Å²) in [6.45, 7) is 2.90. The van der Waals surface area contributed by atoms with Crippen LogP contribution in [0.25, 0.3) is 0 Å². The maximum atomic E-state index is 11.5. The lowest BCUT2D eigenvalue weighted by Gasteiger charge is -2.11. The molecule has 0 aliphatic carbocycles. The van der Waals surface area contributed by atoms with Gasteiger partial charge >= 0.3 is 5.97 Å². The van der Waals surface area contributed by atoms with Crippen LogP contribution >= 0.6 is 11.3 Å². The zero-order valence-electron chi connectivity index (χ0n) is 12.8. The van der Waals surface area contributed by atoms with Crippen molar-refractivity contribution in [2.24, 2.45) is 0 Å². The van der Waals surface area contributed by atoms with E-state index in [4.69, 9.17) is 4.74 Å². The molecule has 0 aliphatic heterocycles. The molecule has 1 aromatic carbocycles. The van der Waals surface area contributed by atoms with Gasteiger partial charge in [-0.25, -0.2) is 0 Å². The van der Waals surface area contributed by atoms with Gasteiger partial charge < -0.3 is 9.84 Å². The van der Waals surface area contributed by atoms with Gasteiger partial charge in [0, 0.05) is 4.88 Å². The maximum Gasteiger partial charge on any atom is 0.312 e. The molecule has 2 aromatic rings. The second kappa shape index (κ2) is 8.59. The highest BCUT2D eigenvalue weighted by Crippen LogP contribution is 2.26. The summed E-state index contributed by atoms with van der Waals surface area (Å²) in [5.41, 5.74) is 1.02. The number of carboxylic acids is 1. The minimum atomic E-state index is -0.776. The Morgan fingerprint density at radius 1 is 1.23 bits per heavy atom. The Morgan fingerprint density at radius 2 is 2.00 bits per heavy atom. The molecule has 1 N–H and O–H groups in total. The lowest BCUT2D eigenvalue weighted by atomic mass is 9.98. The lowest BCUT2D eigenvalue weighted by Crippen LogP contribution is -2.13. The third-order valence-electron chi connectivity index (χ3n) is 3.56. The van der Waals surface area contributed by atoms with E-state index in [1.807, 2.05) is 41.8 Å². The van der Waals surface area contributed by atoms with Gasteiger partial charge in [-0.05, 0) is 42.0 Å². The fourth-order valence-electron chi connectivity index (χ4n) is 2.30. The van der Waals surface area contributed by atoms with Crippen LogP contribution in [0.5, 0.6) is 5.75 Å². The first-order valence-electron chi connectivity index (χ1n) is 7.68. The van der Waals surface area contributed by atoms with E-state index in [0.717, 1.165) is 29.2 Å². The first-order valence-corrected chi connectivity index (χ1v) is 8.56. The number of carbonyl (C=O) groups is 1. The van der Waals surface area contributed by atoms with E-state index in [1.165, 1.54) is 24.2 Å². The molecular formula is C18H22O3S. The molecule has 0 radical (unpaired) electrons. The van der Waals surface area contributed by atoms with Crippen LogP contribution in [0.2, 0.25) is 0 Å². The molecule has 0 amide bonds. The Hall–Kier alpha value is -1.81. The van der Waals surface area contributed by atoms with Gasteiger partial charge in [0.25, 0.3) is 0 Å². The minimum Gasteiger partial charge on any atom is -0.494 e. The molecule has 1 heterocycles. The average Bonchev–Trinajstić information content (AvgIpc) is 3.04. The lowest BCUT2D eigenvalue weighted by molar-refractivity contribution is -0.138. The molecule has 1 unspecified atom stereocenters. The Labute approximate surface area is 135 Å². The van der Waals surface area contributed by atoms with Crippen molar-refractivity contribution in [1.29, 1.82) is 0 Å². The van der Waals surface area contributed by atoms with Gasteiger partial charge in [0.2, 0.25) is 0 Å². The first-order chi connectivity index (χ1) is 10.7. The van der Waals surface area contributed by atoms with Crippen molar-refractivity contribution in [2.75, 3.05) is 6.61 Å². The normalized spacial score (nSPS) is 12.0. The summed E-state index contributed by atoms with van der Waals surface area (Å²) in [7, 11) is 0. The summed E-state index contributed by atoms with van der Waals surface area (Å²) in [5, 5.41) is 11.3. The van der Waals surface area contributed by atoms with Crippen LogP contribution < -0.4 is 4.74 Å². The standard InChI is InChI=1S/C18H22O3S/c1-2-3-4-11-21-15-9-7-14(8-10-15)13-16(18(19)20)17-6-5-12-22-17/h5-10,12,16H,2-4,11,13H2,1H3,(H,19,20). The summed E-state index contributed by atoms with van der Waals surface area (Å²) in [6.07, 6.45) is 3.93. The molecule has 3 nitrogen and oxygen atoms in total. The number of rotatable bonds is 9. The SMILES string of the molecule is CCCCCOc1ccc(CC(C(=O)O)c2cccs2)cc1. The monoisotopic (exact) mass is 318 g/mol. The van der Waals surface area contributed by atoms with Crippen molar-refractivity contribution >= 4 is 17.3 Å². The molecule has 22 heavy (non-hydrogen) atoms. The zero-order chi connectivity index (χ0) is 15.8. The average molecular weight is 318 g/mol. The number of ether oxygens (including phenoxy) is 1. The number of hydrogen-bond acceptors (Lipinski definition) is 3. The molecule has 0 saturated carbocycles.